The van der Waals surface area contributed by atoms with Gasteiger partial charge in [0.1, 0.15) is 5.82 Å². The molecule has 29 heavy (non-hydrogen) atoms. The lowest BCUT2D eigenvalue weighted by Crippen LogP contribution is -2.47. The number of halogens is 1. The molecule has 1 unspecified atom stereocenters. The molecule has 0 saturated carbocycles. The Labute approximate surface area is 173 Å². The van der Waals surface area contributed by atoms with Crippen molar-refractivity contribution in [1.82, 2.24) is 20.4 Å². The highest BCUT2D eigenvalue weighted by molar-refractivity contribution is 5.79. The summed E-state index contributed by atoms with van der Waals surface area (Å²) in [5.74, 6) is 0.503. The Bertz CT molecular complexity index is 780. The number of rotatable bonds is 7. The summed E-state index contributed by atoms with van der Waals surface area (Å²) < 4.78 is 13.8. The highest BCUT2D eigenvalue weighted by atomic mass is 19.1. The SMILES string of the molecule is CN=C(NCCCN1CCN(C)CC1c1ccccc1)NCc1ccccc1F. The average molecular weight is 398 g/mol. The van der Waals surface area contributed by atoms with Crippen molar-refractivity contribution in [2.45, 2.75) is 19.0 Å². The van der Waals surface area contributed by atoms with Crippen LogP contribution in [-0.4, -0.2) is 62.6 Å². The molecule has 1 aliphatic rings. The Balaban J connectivity index is 1.45. The smallest absolute Gasteiger partial charge is 0.191 e. The third-order valence-corrected chi connectivity index (χ3v) is 5.42. The predicted molar refractivity (Wildman–Crippen MR) is 117 cm³/mol. The topological polar surface area (TPSA) is 42.9 Å². The molecular formula is C23H32FN5. The maximum Gasteiger partial charge on any atom is 0.191 e. The summed E-state index contributed by atoms with van der Waals surface area (Å²) >= 11 is 0. The van der Waals surface area contributed by atoms with Crippen LogP contribution in [0.15, 0.2) is 59.6 Å². The molecule has 0 aliphatic carbocycles. The minimum absolute atomic E-state index is 0.197. The van der Waals surface area contributed by atoms with Gasteiger partial charge in [-0.05, 0) is 25.1 Å². The third-order valence-electron chi connectivity index (χ3n) is 5.42. The van der Waals surface area contributed by atoms with Gasteiger partial charge in [-0.15, -0.1) is 0 Å². The molecule has 3 rings (SSSR count). The molecule has 156 valence electrons. The van der Waals surface area contributed by atoms with Gasteiger partial charge in [-0.1, -0.05) is 48.5 Å². The number of benzene rings is 2. The molecule has 5 nitrogen and oxygen atoms in total. The first kappa shape index (κ1) is 21.3. The maximum absolute atomic E-state index is 13.8. The molecule has 0 radical (unpaired) electrons. The molecular weight excluding hydrogens is 365 g/mol. The normalized spacial score (nSPS) is 18.6. The molecule has 0 aromatic heterocycles. The molecule has 6 heteroatoms. The number of nitrogens with zero attached hydrogens (tertiary/aromatic N) is 3. The molecule has 2 N–H and O–H groups in total. The monoisotopic (exact) mass is 397 g/mol. The highest BCUT2D eigenvalue weighted by Crippen LogP contribution is 2.24. The van der Waals surface area contributed by atoms with Gasteiger partial charge in [0.15, 0.2) is 5.96 Å². The van der Waals surface area contributed by atoms with Crippen molar-refractivity contribution in [1.29, 1.82) is 0 Å². The summed E-state index contributed by atoms with van der Waals surface area (Å²) in [5, 5.41) is 6.53. The molecule has 1 heterocycles. The van der Waals surface area contributed by atoms with Gasteiger partial charge in [-0.2, -0.15) is 0 Å². The van der Waals surface area contributed by atoms with E-state index in [9.17, 15) is 4.39 Å². The van der Waals surface area contributed by atoms with Crippen molar-refractivity contribution in [3.05, 3.63) is 71.5 Å². The molecule has 1 aliphatic heterocycles. The number of guanidine groups is 1. The fraction of sp³-hybridized carbons (Fsp3) is 0.435. The lowest BCUT2D eigenvalue weighted by Gasteiger charge is -2.40. The second-order valence-corrected chi connectivity index (χ2v) is 7.52. The van der Waals surface area contributed by atoms with Gasteiger partial charge < -0.3 is 15.5 Å². The van der Waals surface area contributed by atoms with Crippen molar-refractivity contribution in [2.24, 2.45) is 4.99 Å². The van der Waals surface area contributed by atoms with Crippen LogP contribution in [0.3, 0.4) is 0 Å². The Morgan fingerprint density at radius 1 is 1.07 bits per heavy atom. The van der Waals surface area contributed by atoms with Gasteiger partial charge in [0.2, 0.25) is 0 Å². The van der Waals surface area contributed by atoms with Gasteiger partial charge in [-0.25, -0.2) is 4.39 Å². The van der Waals surface area contributed by atoms with Crippen LogP contribution in [0.1, 0.15) is 23.6 Å². The lowest BCUT2D eigenvalue weighted by molar-refractivity contribution is 0.0891. The second-order valence-electron chi connectivity index (χ2n) is 7.52. The van der Waals surface area contributed by atoms with E-state index in [1.165, 1.54) is 11.6 Å². The van der Waals surface area contributed by atoms with Crippen LogP contribution >= 0.6 is 0 Å². The fourth-order valence-corrected chi connectivity index (χ4v) is 3.75. The predicted octanol–water partition coefficient (Wildman–Crippen LogP) is 2.87. The molecule has 0 amide bonds. The minimum atomic E-state index is -0.197. The van der Waals surface area contributed by atoms with E-state index in [1.54, 1.807) is 19.2 Å². The van der Waals surface area contributed by atoms with Gasteiger partial charge in [0.05, 0.1) is 0 Å². The van der Waals surface area contributed by atoms with Crippen LogP contribution in [0.25, 0.3) is 0 Å². The Morgan fingerprint density at radius 3 is 2.59 bits per heavy atom. The van der Waals surface area contributed by atoms with Crippen LogP contribution in [0.2, 0.25) is 0 Å². The van der Waals surface area contributed by atoms with Crippen LogP contribution in [0, 0.1) is 5.82 Å². The van der Waals surface area contributed by atoms with Crippen molar-refractivity contribution >= 4 is 5.96 Å². The maximum atomic E-state index is 13.8. The average Bonchev–Trinajstić information content (AvgIpc) is 2.75. The minimum Gasteiger partial charge on any atom is -0.356 e. The highest BCUT2D eigenvalue weighted by Gasteiger charge is 2.25. The standard InChI is InChI=1S/C23H32FN5/c1-25-23(27-17-20-11-6-7-12-21(20)24)26-13-8-14-29-16-15-28(2)18-22(29)19-9-4-3-5-10-19/h3-7,9-12,22H,8,13-18H2,1-2H3,(H2,25,26,27). The van der Waals surface area contributed by atoms with Crippen molar-refractivity contribution in [3.63, 3.8) is 0 Å². The Kier molecular flexibility index (Phi) is 8.02. The van der Waals surface area contributed by atoms with Gasteiger partial charge in [-0.3, -0.25) is 9.89 Å². The Morgan fingerprint density at radius 2 is 1.83 bits per heavy atom. The second kappa shape index (κ2) is 10.9. The van der Waals surface area contributed by atoms with Crippen LogP contribution < -0.4 is 10.6 Å². The van der Waals surface area contributed by atoms with E-state index in [-0.39, 0.29) is 5.82 Å². The molecule has 0 bridgehead atoms. The number of nitrogens with one attached hydrogen (secondary N) is 2. The zero-order valence-corrected chi connectivity index (χ0v) is 17.4. The van der Waals surface area contributed by atoms with E-state index in [0.29, 0.717) is 24.1 Å². The first-order chi connectivity index (χ1) is 14.2. The number of piperazine rings is 1. The molecule has 1 fully saturated rings. The number of likely N-dealkylation sites (N-methyl/N-ethyl adjacent to an activating group) is 1. The summed E-state index contributed by atoms with van der Waals surface area (Å²) in [4.78, 5) is 9.22. The van der Waals surface area contributed by atoms with Crippen molar-refractivity contribution in [3.8, 4) is 0 Å². The van der Waals surface area contributed by atoms with E-state index in [4.69, 9.17) is 0 Å². The lowest BCUT2D eigenvalue weighted by atomic mass is 10.0. The third kappa shape index (κ3) is 6.27. The first-order valence-electron chi connectivity index (χ1n) is 10.3. The fourth-order valence-electron chi connectivity index (χ4n) is 3.75. The molecule has 1 atom stereocenters. The van der Waals surface area contributed by atoms with Crippen LogP contribution in [0.5, 0.6) is 0 Å². The zero-order chi connectivity index (χ0) is 20.5. The van der Waals surface area contributed by atoms with Crippen LogP contribution in [0.4, 0.5) is 4.39 Å². The quantitative estimate of drug-likeness (QED) is 0.428. The summed E-state index contributed by atoms with van der Waals surface area (Å²) in [6.45, 7) is 5.51. The number of hydrogen-bond donors (Lipinski definition) is 2. The molecule has 2 aromatic rings. The van der Waals surface area contributed by atoms with Gasteiger partial charge in [0, 0.05) is 57.9 Å². The summed E-state index contributed by atoms with van der Waals surface area (Å²) in [7, 11) is 3.93. The number of aliphatic imine (C=N–C) groups is 1. The largest absolute Gasteiger partial charge is 0.356 e. The number of hydrogen-bond acceptors (Lipinski definition) is 3. The van der Waals surface area contributed by atoms with E-state index in [1.807, 2.05) is 6.07 Å². The van der Waals surface area contributed by atoms with E-state index >= 15 is 0 Å². The van der Waals surface area contributed by atoms with Gasteiger partial charge in [0.25, 0.3) is 0 Å². The molecule has 1 saturated heterocycles. The van der Waals surface area contributed by atoms with Crippen molar-refractivity contribution < 1.29 is 4.39 Å². The van der Waals surface area contributed by atoms with Crippen LogP contribution in [-0.2, 0) is 6.54 Å². The van der Waals surface area contributed by atoms with Crippen molar-refractivity contribution in [2.75, 3.05) is 46.8 Å². The van der Waals surface area contributed by atoms with E-state index in [0.717, 1.165) is 39.1 Å². The summed E-state index contributed by atoms with van der Waals surface area (Å²) in [6, 6.07) is 18.0. The summed E-state index contributed by atoms with van der Waals surface area (Å²) in [6.07, 6.45) is 1.02. The Hall–Kier alpha value is -2.44. The first-order valence-corrected chi connectivity index (χ1v) is 10.3. The van der Waals surface area contributed by atoms with E-state index < -0.39 is 0 Å². The summed E-state index contributed by atoms with van der Waals surface area (Å²) in [5.41, 5.74) is 2.02. The molecule has 2 aromatic carbocycles. The molecule has 0 spiro atoms. The van der Waals surface area contributed by atoms with Gasteiger partial charge >= 0.3 is 0 Å². The van der Waals surface area contributed by atoms with E-state index in [2.05, 4.69) is 62.8 Å². The zero-order valence-electron chi connectivity index (χ0n) is 17.4.